The average molecular weight is 461 g/mol. The SMILES string of the molecule is CCOC(=O)c1ccc(-c2ccc(/C=C3/C(=O)NC(=S)N(c4ccc(C)cc4)C3=O)o2)cc1. The van der Waals surface area contributed by atoms with Gasteiger partial charge in [0.1, 0.15) is 17.1 Å². The van der Waals surface area contributed by atoms with Gasteiger partial charge >= 0.3 is 5.97 Å². The second kappa shape index (κ2) is 9.22. The van der Waals surface area contributed by atoms with Crippen LogP contribution >= 0.6 is 12.2 Å². The Morgan fingerprint density at radius 3 is 2.42 bits per heavy atom. The van der Waals surface area contributed by atoms with Crippen molar-refractivity contribution in [2.45, 2.75) is 13.8 Å². The minimum absolute atomic E-state index is 0.0211. The Bertz CT molecular complexity index is 1270. The maximum absolute atomic E-state index is 13.1. The van der Waals surface area contributed by atoms with Crippen LogP contribution in [0.5, 0.6) is 0 Å². The van der Waals surface area contributed by atoms with Gasteiger partial charge in [0.2, 0.25) is 0 Å². The number of hydrogen-bond acceptors (Lipinski definition) is 6. The molecule has 0 atom stereocenters. The zero-order valence-corrected chi connectivity index (χ0v) is 18.8. The standard InChI is InChI=1S/C25H20N2O5S/c1-3-31-24(30)17-8-6-16(7-9-17)21-13-12-19(32-21)14-20-22(28)26-25(33)27(23(20)29)18-10-4-15(2)5-11-18/h4-14H,3H2,1-2H3,(H,26,28,33)/b20-14-. The Kier molecular flexibility index (Phi) is 6.19. The summed E-state index contributed by atoms with van der Waals surface area (Å²) in [5.74, 6) is -0.678. The van der Waals surface area contributed by atoms with Gasteiger partial charge in [0.05, 0.1) is 17.9 Å². The van der Waals surface area contributed by atoms with Crippen molar-refractivity contribution in [2.75, 3.05) is 11.5 Å². The second-order valence-electron chi connectivity index (χ2n) is 7.29. The van der Waals surface area contributed by atoms with E-state index in [1.165, 1.54) is 11.0 Å². The summed E-state index contributed by atoms with van der Waals surface area (Å²) in [5, 5.41) is 2.57. The van der Waals surface area contributed by atoms with Crippen LogP contribution in [-0.4, -0.2) is 29.5 Å². The van der Waals surface area contributed by atoms with Crippen molar-refractivity contribution in [2.24, 2.45) is 0 Å². The van der Waals surface area contributed by atoms with Crippen LogP contribution in [0.4, 0.5) is 5.69 Å². The summed E-state index contributed by atoms with van der Waals surface area (Å²) in [5.41, 5.74) is 2.67. The molecule has 7 nitrogen and oxygen atoms in total. The van der Waals surface area contributed by atoms with Gasteiger partial charge in [0, 0.05) is 5.56 Å². The highest BCUT2D eigenvalue weighted by Gasteiger charge is 2.34. The number of thiocarbonyl (C=S) groups is 1. The molecule has 2 aromatic carbocycles. The monoisotopic (exact) mass is 460 g/mol. The van der Waals surface area contributed by atoms with Gasteiger partial charge in [0.15, 0.2) is 5.11 Å². The van der Waals surface area contributed by atoms with E-state index in [1.54, 1.807) is 55.5 Å². The lowest BCUT2D eigenvalue weighted by Crippen LogP contribution is -2.54. The lowest BCUT2D eigenvalue weighted by molar-refractivity contribution is -0.122. The number of esters is 1. The molecule has 1 fully saturated rings. The molecule has 0 radical (unpaired) electrons. The second-order valence-corrected chi connectivity index (χ2v) is 7.68. The fraction of sp³-hybridized carbons (Fsp3) is 0.120. The molecule has 1 aromatic heterocycles. The molecule has 3 aromatic rings. The van der Waals surface area contributed by atoms with E-state index >= 15 is 0 Å². The van der Waals surface area contributed by atoms with E-state index in [4.69, 9.17) is 21.4 Å². The molecule has 4 rings (SSSR count). The highest BCUT2D eigenvalue weighted by molar-refractivity contribution is 7.80. The molecule has 1 aliphatic heterocycles. The van der Waals surface area contributed by atoms with Crippen molar-refractivity contribution in [1.82, 2.24) is 5.32 Å². The third kappa shape index (κ3) is 4.61. The van der Waals surface area contributed by atoms with Gasteiger partial charge in [-0.05, 0) is 68.5 Å². The van der Waals surface area contributed by atoms with Crippen LogP contribution in [0.3, 0.4) is 0 Å². The predicted molar refractivity (Wildman–Crippen MR) is 127 cm³/mol. The van der Waals surface area contributed by atoms with Crippen molar-refractivity contribution in [3.63, 3.8) is 0 Å². The number of carbonyl (C=O) groups is 3. The number of hydrogen-bond donors (Lipinski definition) is 1. The Hall–Kier alpha value is -4.04. The summed E-state index contributed by atoms with van der Waals surface area (Å²) in [7, 11) is 0. The highest BCUT2D eigenvalue weighted by Crippen LogP contribution is 2.26. The number of benzene rings is 2. The fourth-order valence-electron chi connectivity index (χ4n) is 3.30. The van der Waals surface area contributed by atoms with E-state index in [0.717, 1.165) is 11.1 Å². The first kappa shape index (κ1) is 22.2. The number of anilines is 1. The molecule has 8 heteroatoms. The molecule has 166 valence electrons. The van der Waals surface area contributed by atoms with Gasteiger partial charge in [0.25, 0.3) is 11.8 Å². The van der Waals surface area contributed by atoms with Crippen LogP contribution in [-0.2, 0) is 14.3 Å². The summed E-state index contributed by atoms with van der Waals surface area (Å²) in [6.45, 7) is 3.98. The zero-order chi connectivity index (χ0) is 23.5. The van der Waals surface area contributed by atoms with Gasteiger partial charge < -0.3 is 9.15 Å². The van der Waals surface area contributed by atoms with Crippen molar-refractivity contribution < 1.29 is 23.5 Å². The number of nitrogens with zero attached hydrogens (tertiary/aromatic N) is 1. The quantitative estimate of drug-likeness (QED) is 0.265. The molecule has 1 N–H and O–H groups in total. The number of amides is 2. The van der Waals surface area contributed by atoms with Gasteiger partial charge in [-0.2, -0.15) is 0 Å². The Morgan fingerprint density at radius 2 is 1.76 bits per heavy atom. The third-order valence-corrected chi connectivity index (χ3v) is 5.27. The minimum atomic E-state index is -0.592. The van der Waals surface area contributed by atoms with Gasteiger partial charge in [-0.3, -0.25) is 19.8 Å². The summed E-state index contributed by atoms with van der Waals surface area (Å²) in [6.07, 6.45) is 1.39. The number of aryl methyl sites for hydroxylation is 1. The summed E-state index contributed by atoms with van der Waals surface area (Å²) in [6, 6.07) is 17.4. The average Bonchev–Trinajstić information content (AvgIpc) is 3.27. The van der Waals surface area contributed by atoms with E-state index in [9.17, 15) is 14.4 Å². The Labute approximate surface area is 195 Å². The number of carbonyl (C=O) groups excluding carboxylic acids is 3. The lowest BCUT2D eigenvalue weighted by atomic mass is 10.1. The van der Waals surface area contributed by atoms with Crippen LogP contribution in [0.1, 0.15) is 28.6 Å². The molecule has 1 aliphatic rings. The van der Waals surface area contributed by atoms with Crippen molar-refractivity contribution in [1.29, 1.82) is 0 Å². The molecule has 33 heavy (non-hydrogen) atoms. The van der Waals surface area contributed by atoms with Crippen molar-refractivity contribution >= 4 is 46.9 Å². The van der Waals surface area contributed by atoms with Crippen molar-refractivity contribution in [3.05, 3.63) is 83.1 Å². The zero-order valence-electron chi connectivity index (χ0n) is 18.0. The number of furan rings is 1. The van der Waals surface area contributed by atoms with Crippen LogP contribution in [0.2, 0.25) is 0 Å². The smallest absolute Gasteiger partial charge is 0.338 e. The van der Waals surface area contributed by atoms with Crippen molar-refractivity contribution in [3.8, 4) is 11.3 Å². The third-order valence-electron chi connectivity index (χ3n) is 4.99. The molecular formula is C25H20N2O5S. The van der Waals surface area contributed by atoms with Crippen LogP contribution in [0, 0.1) is 6.92 Å². The first-order chi connectivity index (χ1) is 15.9. The number of ether oxygens (including phenoxy) is 1. The fourth-order valence-corrected chi connectivity index (χ4v) is 3.58. The van der Waals surface area contributed by atoms with Gasteiger partial charge in [-0.25, -0.2) is 4.79 Å². The first-order valence-corrected chi connectivity index (χ1v) is 10.6. The van der Waals surface area contributed by atoms with Crippen LogP contribution in [0.15, 0.2) is 70.7 Å². The topological polar surface area (TPSA) is 88.9 Å². The van der Waals surface area contributed by atoms with E-state index in [1.807, 2.05) is 19.1 Å². The lowest BCUT2D eigenvalue weighted by Gasteiger charge is -2.28. The molecule has 0 aliphatic carbocycles. The van der Waals surface area contributed by atoms with Crippen LogP contribution in [0.25, 0.3) is 17.4 Å². The molecule has 2 heterocycles. The van der Waals surface area contributed by atoms with E-state index in [-0.39, 0.29) is 10.7 Å². The van der Waals surface area contributed by atoms with E-state index < -0.39 is 17.8 Å². The summed E-state index contributed by atoms with van der Waals surface area (Å²) in [4.78, 5) is 38.7. The summed E-state index contributed by atoms with van der Waals surface area (Å²) < 4.78 is 10.8. The number of rotatable bonds is 5. The molecule has 0 bridgehead atoms. The Balaban J connectivity index is 1.59. The molecule has 0 saturated carbocycles. The highest BCUT2D eigenvalue weighted by atomic mass is 32.1. The number of nitrogens with one attached hydrogen (secondary N) is 1. The van der Waals surface area contributed by atoms with Crippen LogP contribution < -0.4 is 10.2 Å². The largest absolute Gasteiger partial charge is 0.462 e. The maximum atomic E-state index is 13.1. The molecular weight excluding hydrogens is 440 g/mol. The first-order valence-electron chi connectivity index (χ1n) is 10.2. The molecule has 1 saturated heterocycles. The van der Waals surface area contributed by atoms with Gasteiger partial charge in [-0.15, -0.1) is 0 Å². The summed E-state index contributed by atoms with van der Waals surface area (Å²) >= 11 is 5.22. The van der Waals surface area contributed by atoms with E-state index in [2.05, 4.69) is 5.32 Å². The minimum Gasteiger partial charge on any atom is -0.462 e. The molecule has 0 spiro atoms. The molecule has 0 unspecified atom stereocenters. The maximum Gasteiger partial charge on any atom is 0.338 e. The van der Waals surface area contributed by atoms with Gasteiger partial charge in [-0.1, -0.05) is 29.8 Å². The predicted octanol–water partition coefficient (Wildman–Crippen LogP) is 4.26. The Morgan fingerprint density at radius 1 is 1.06 bits per heavy atom. The van der Waals surface area contributed by atoms with E-state index in [0.29, 0.717) is 29.4 Å². The normalized spacial score (nSPS) is 15.0. The molecule has 2 amide bonds.